The molecule has 0 radical (unpaired) electrons. The van der Waals surface area contributed by atoms with Crippen LogP contribution < -0.4 is 140 Å². The number of aromatic hydroxyl groups is 4. The largest absolute Gasteiger partial charge is 1.00 e. The molecule has 0 unspecified atom stereocenters. The maximum absolute atomic E-state index is 12.0. The Labute approximate surface area is 585 Å². The molecule has 0 fully saturated rings. The summed E-state index contributed by atoms with van der Waals surface area (Å²) >= 11 is 11.5. The van der Waals surface area contributed by atoms with Gasteiger partial charge in [0, 0.05) is 52.4 Å². The van der Waals surface area contributed by atoms with Gasteiger partial charge in [-0.1, -0.05) is 0 Å². The van der Waals surface area contributed by atoms with Crippen LogP contribution in [0.1, 0.15) is 1.43 Å². The first kappa shape index (κ1) is 76.1. The van der Waals surface area contributed by atoms with E-state index in [-0.39, 0.29) is 149 Å². The van der Waals surface area contributed by atoms with Crippen molar-refractivity contribution in [3.63, 3.8) is 0 Å². The fourth-order valence-electron chi connectivity index (χ4n) is 6.68. The Morgan fingerprint density at radius 1 is 0.494 bits per heavy atom. The van der Waals surface area contributed by atoms with Gasteiger partial charge in [0.15, 0.2) is 11.5 Å². The van der Waals surface area contributed by atoms with Crippen LogP contribution in [0.25, 0.3) is 21.5 Å². The number of non-ortho nitro benzene ring substituents is 2. The molecule has 0 aliphatic carbocycles. The summed E-state index contributed by atoms with van der Waals surface area (Å²) < 4.78 is 143. The Balaban J connectivity index is 0.000000804. The third-order valence-corrected chi connectivity index (χ3v) is 13.6. The number of fused-ring (bicyclic) bond motifs is 2. The molecule has 0 aliphatic heterocycles. The third kappa shape index (κ3) is 18.5. The molecule has 10 N–H and O–H groups in total. The predicted molar refractivity (Wildman–Crippen MR) is 267 cm³/mol. The summed E-state index contributed by atoms with van der Waals surface area (Å²) in [7, 11) is -21.3. The molecule has 0 saturated heterocycles. The summed E-state index contributed by atoms with van der Waals surface area (Å²) in [4.78, 5) is 38.1. The normalized spacial score (nSPS) is 11.5. The maximum Gasteiger partial charge on any atom is 1.00 e. The Morgan fingerprint density at radius 2 is 0.824 bits per heavy atom. The van der Waals surface area contributed by atoms with Crippen LogP contribution in [0, 0.1) is 20.2 Å². The van der Waals surface area contributed by atoms with Crippen LogP contribution in [-0.2, 0) is 57.8 Å². The number of anilines is 6. The van der Waals surface area contributed by atoms with E-state index < -0.39 is 182 Å². The van der Waals surface area contributed by atoms with Crippen LogP contribution >= 0.6 is 23.2 Å². The molecular formula is C38H23Cl2CrN16Na4O20S4+. The van der Waals surface area contributed by atoms with Crippen molar-refractivity contribution in [2.24, 2.45) is 20.5 Å². The quantitative estimate of drug-likeness (QED) is 0.0165. The van der Waals surface area contributed by atoms with Crippen LogP contribution in [0.2, 0.25) is 10.6 Å². The molecular weight excluding hydrogens is 1340 g/mol. The molecule has 8 rings (SSSR count). The van der Waals surface area contributed by atoms with Gasteiger partial charge in [-0.25, -0.2) is 33.7 Å². The van der Waals surface area contributed by atoms with Crippen molar-refractivity contribution >= 4 is 155 Å². The van der Waals surface area contributed by atoms with Crippen molar-refractivity contribution in [3.05, 3.63) is 104 Å². The zero-order chi connectivity index (χ0) is 59.1. The Morgan fingerprint density at radius 3 is 1.11 bits per heavy atom. The second kappa shape index (κ2) is 29.8. The average molecular weight is 1370 g/mol. The number of hydrogen-bond acceptors (Lipinski definition) is 34. The van der Waals surface area contributed by atoms with E-state index in [0.29, 0.717) is 24.3 Å². The van der Waals surface area contributed by atoms with Crippen LogP contribution in [0.15, 0.2) is 113 Å². The number of nitrogens with one attached hydrogen (secondary N) is 2. The molecule has 85 heavy (non-hydrogen) atoms. The molecule has 2 heterocycles. The smallest absolute Gasteiger partial charge is 0.744 e. The molecule has 422 valence electrons. The molecule has 36 nitrogen and oxygen atoms in total. The molecule has 8 aromatic rings. The van der Waals surface area contributed by atoms with Gasteiger partial charge in [-0.15, -0.1) is 20.5 Å². The first-order valence-corrected chi connectivity index (χ1v) is 26.7. The van der Waals surface area contributed by atoms with Crippen LogP contribution in [0.5, 0.6) is 23.0 Å². The zero-order valence-corrected chi connectivity index (χ0v) is 56.6. The van der Waals surface area contributed by atoms with Gasteiger partial charge >= 0.3 is 120 Å². The maximum atomic E-state index is 12.0. The minimum Gasteiger partial charge on any atom is -0.744 e. The minimum absolute atomic E-state index is 0. The topological polar surface area (TPSA) is 599 Å². The van der Waals surface area contributed by atoms with Crippen molar-refractivity contribution in [1.82, 2.24) is 29.9 Å². The van der Waals surface area contributed by atoms with Crippen molar-refractivity contribution in [1.29, 1.82) is 0 Å². The van der Waals surface area contributed by atoms with Gasteiger partial charge in [0.05, 0.1) is 40.8 Å². The number of aromatic nitrogens is 6. The average Bonchev–Trinajstić information content (AvgIpc) is 1.25. The number of nitro groups is 2. The molecule has 6 aromatic carbocycles. The number of benzene rings is 6. The Hall–Kier alpha value is -4.99. The summed E-state index contributed by atoms with van der Waals surface area (Å²) in [6.07, 6.45) is 0. The minimum atomic E-state index is -5.46. The molecule has 0 bridgehead atoms. The van der Waals surface area contributed by atoms with E-state index in [1.54, 1.807) is 0 Å². The standard InChI is InChI=1S/2C19H13ClN8O10S2.Cr.4Na/c2*20-17-23-18(21)25-19(24-17)22-11-6-9(39(33,34)35)3-7-4-13(40(36,37)38)15(16(30)14(7)11)27-26-10-5-8(28(31)32)1-2-12(10)29;;;;;/h2*1-6,29-30H,(H,33,34,35)(H,36,37,38)(H3,21,22,23,24,25);;;;;/q;;;4*+1/p-3. The molecule has 2 aromatic heterocycles. The summed E-state index contributed by atoms with van der Waals surface area (Å²) in [5, 5.41) is 80.6. The number of rotatable bonds is 14. The predicted octanol–water partition coefficient (Wildman–Crippen LogP) is -6.78. The monoisotopic (exact) mass is 1360 g/mol. The molecule has 0 amide bonds. The number of phenolic OH excluding ortho intramolecular Hbond substituents is 4. The van der Waals surface area contributed by atoms with Gasteiger partial charge in [0.25, 0.3) is 11.4 Å². The molecule has 0 aliphatic rings. The SMILES string of the molecule is Nc1nc(Cl)nc(Nc2cc(S(=O)(=O)[O-])cc3cc(S(=O)(=O)[O-])c(N=Nc4cc([N+](=O)[O-])ccc4O)c(O)c23)n1.Nc1nc(Cl)nc(Nc2cc(S(=O)(=O)[O-])cc3cc(S(=O)(=O)[O-])c(N=Nc4cc([N+](=O)[O-])ccc4O)c(O)c23)n1.[Cr].[H+].[Na+].[Na+].[Na+].[Na+]. The number of halogens is 2. The summed E-state index contributed by atoms with van der Waals surface area (Å²) in [6.45, 7) is 0. The number of nitrogens with zero attached hydrogens (tertiary/aromatic N) is 12. The number of nitro benzene ring substituents is 2. The van der Waals surface area contributed by atoms with E-state index >= 15 is 0 Å². The zero-order valence-electron chi connectivity index (χ0n) is 43.6. The first-order chi connectivity index (χ1) is 37.1. The van der Waals surface area contributed by atoms with E-state index in [4.69, 9.17) is 34.7 Å². The van der Waals surface area contributed by atoms with E-state index in [1.807, 2.05) is 0 Å². The van der Waals surface area contributed by atoms with Gasteiger partial charge in [-0.05, 0) is 82.5 Å². The first-order valence-electron chi connectivity index (χ1n) is 20.3. The number of hydrogen-bond donors (Lipinski definition) is 8. The fraction of sp³-hybridized carbons (Fsp3) is 0. The number of nitrogens with two attached hydrogens (primary N) is 2. The summed E-state index contributed by atoms with van der Waals surface area (Å²) in [5.41, 5.74) is 6.05. The Bertz CT molecular complexity index is 4220. The summed E-state index contributed by atoms with van der Waals surface area (Å²) in [6, 6.07) is 9.26. The fourth-order valence-corrected chi connectivity index (χ4v) is 9.37. The van der Waals surface area contributed by atoms with Crippen molar-refractivity contribution in [2.75, 3.05) is 22.1 Å². The van der Waals surface area contributed by atoms with Gasteiger partial charge in [-0.3, -0.25) is 20.2 Å². The van der Waals surface area contributed by atoms with Gasteiger partial charge < -0.3 is 60.7 Å². The molecule has 0 saturated carbocycles. The second-order valence-electron chi connectivity index (χ2n) is 15.2. The molecule has 47 heteroatoms. The second-order valence-corrected chi connectivity index (χ2v) is 21.3. The van der Waals surface area contributed by atoms with Gasteiger partial charge in [0.2, 0.25) is 34.4 Å². The van der Waals surface area contributed by atoms with Crippen LogP contribution in [-0.4, -0.2) is 112 Å². The van der Waals surface area contributed by atoms with Crippen LogP contribution in [0.4, 0.5) is 69.3 Å². The number of nitrogen functional groups attached to an aromatic ring is 2. The van der Waals surface area contributed by atoms with E-state index in [1.165, 1.54) is 0 Å². The number of azo groups is 2. The van der Waals surface area contributed by atoms with E-state index in [2.05, 4.69) is 61.0 Å². The van der Waals surface area contributed by atoms with Crippen LogP contribution in [0.3, 0.4) is 0 Å². The molecule has 0 spiro atoms. The Kier molecular flexibility index (Phi) is 26.7. The third-order valence-electron chi connectivity index (χ3n) is 9.96. The van der Waals surface area contributed by atoms with Gasteiger partial charge in [0.1, 0.15) is 74.7 Å². The van der Waals surface area contributed by atoms with Crippen molar-refractivity contribution in [2.45, 2.75) is 19.6 Å². The van der Waals surface area contributed by atoms with E-state index in [0.717, 1.165) is 48.5 Å². The van der Waals surface area contributed by atoms with Crippen molar-refractivity contribution in [3.8, 4) is 23.0 Å². The summed E-state index contributed by atoms with van der Waals surface area (Å²) in [5.74, 6) is -4.97. The van der Waals surface area contributed by atoms with Gasteiger partial charge in [-0.2, -0.15) is 29.9 Å². The van der Waals surface area contributed by atoms with E-state index in [9.17, 15) is 92.5 Å². The number of phenols is 4. The van der Waals surface area contributed by atoms with Crippen molar-refractivity contribution < 1.29 is 219 Å². The molecule has 0 atom stereocenters.